The van der Waals surface area contributed by atoms with Gasteiger partial charge >= 0.3 is 0 Å². The highest BCUT2D eigenvalue weighted by molar-refractivity contribution is 5.35. The van der Waals surface area contributed by atoms with Crippen molar-refractivity contribution in [1.29, 1.82) is 5.26 Å². The molecule has 3 aromatic rings. The summed E-state index contributed by atoms with van der Waals surface area (Å²) in [6.07, 6.45) is 1.93. The fraction of sp³-hybridized carbons (Fsp3) is 0.200. The van der Waals surface area contributed by atoms with Crippen LogP contribution in [0.5, 0.6) is 0 Å². The first-order valence-electron chi connectivity index (χ1n) is 8.01. The summed E-state index contributed by atoms with van der Waals surface area (Å²) in [4.78, 5) is 0. The van der Waals surface area contributed by atoms with Crippen LogP contribution in [-0.4, -0.2) is 9.78 Å². The van der Waals surface area contributed by atoms with Crippen molar-refractivity contribution >= 4 is 0 Å². The van der Waals surface area contributed by atoms with Gasteiger partial charge in [-0.3, -0.25) is 0 Å². The topological polar surface area (TPSA) is 53.6 Å². The smallest absolute Gasteiger partial charge is 0.0991 e. The number of aromatic nitrogens is 2. The van der Waals surface area contributed by atoms with Gasteiger partial charge in [0.25, 0.3) is 0 Å². The molecule has 0 saturated heterocycles. The quantitative estimate of drug-likeness (QED) is 0.776. The van der Waals surface area contributed by atoms with E-state index in [-0.39, 0.29) is 6.04 Å². The van der Waals surface area contributed by atoms with E-state index in [9.17, 15) is 0 Å². The zero-order valence-electron chi connectivity index (χ0n) is 13.9. The molecule has 0 aliphatic carbocycles. The molecule has 1 N–H and O–H groups in total. The van der Waals surface area contributed by atoms with Gasteiger partial charge in [-0.2, -0.15) is 10.4 Å². The molecule has 1 atom stereocenters. The molecule has 1 aromatic heterocycles. The molecule has 0 radical (unpaired) electrons. The van der Waals surface area contributed by atoms with Crippen LogP contribution in [0.15, 0.2) is 60.8 Å². The highest BCUT2D eigenvalue weighted by Crippen LogP contribution is 2.20. The van der Waals surface area contributed by atoms with Crippen molar-refractivity contribution in [3.8, 4) is 11.8 Å². The van der Waals surface area contributed by atoms with Gasteiger partial charge in [0.2, 0.25) is 0 Å². The van der Waals surface area contributed by atoms with E-state index in [4.69, 9.17) is 5.26 Å². The number of nitrogens with one attached hydrogen (secondary N) is 1. The van der Waals surface area contributed by atoms with Gasteiger partial charge in [0.05, 0.1) is 23.5 Å². The Balaban J connectivity index is 1.70. The van der Waals surface area contributed by atoms with Crippen molar-refractivity contribution in [3.05, 3.63) is 83.2 Å². The number of nitrogens with zero attached hydrogens (tertiary/aromatic N) is 3. The average molecular weight is 316 g/mol. The van der Waals surface area contributed by atoms with Crippen LogP contribution in [-0.2, 0) is 6.54 Å². The van der Waals surface area contributed by atoms with Crippen LogP contribution in [0.3, 0.4) is 0 Å². The van der Waals surface area contributed by atoms with E-state index in [2.05, 4.69) is 42.5 Å². The Bertz CT molecular complexity index is 842. The molecular weight excluding hydrogens is 296 g/mol. The number of hydrogen-bond acceptors (Lipinski definition) is 3. The van der Waals surface area contributed by atoms with E-state index in [0.717, 1.165) is 23.5 Å². The monoisotopic (exact) mass is 316 g/mol. The van der Waals surface area contributed by atoms with Gasteiger partial charge in [-0.15, -0.1) is 0 Å². The summed E-state index contributed by atoms with van der Waals surface area (Å²) >= 11 is 0. The molecule has 120 valence electrons. The van der Waals surface area contributed by atoms with Crippen LogP contribution in [0.4, 0.5) is 0 Å². The molecule has 0 saturated carbocycles. The molecule has 4 heteroatoms. The highest BCUT2D eigenvalue weighted by atomic mass is 15.3. The van der Waals surface area contributed by atoms with Crippen molar-refractivity contribution in [2.75, 3.05) is 0 Å². The van der Waals surface area contributed by atoms with Crippen LogP contribution in [0.2, 0.25) is 0 Å². The molecule has 3 rings (SSSR count). The number of rotatable bonds is 5. The van der Waals surface area contributed by atoms with Gasteiger partial charge in [-0.05, 0) is 43.7 Å². The lowest BCUT2D eigenvalue weighted by molar-refractivity contribution is 0.571. The zero-order valence-corrected chi connectivity index (χ0v) is 13.9. The number of para-hydroxylation sites is 1. The first-order chi connectivity index (χ1) is 11.7. The van der Waals surface area contributed by atoms with Gasteiger partial charge in [-0.25, -0.2) is 4.68 Å². The molecule has 0 bridgehead atoms. The third-order valence-corrected chi connectivity index (χ3v) is 4.21. The largest absolute Gasteiger partial charge is 0.306 e. The molecule has 0 unspecified atom stereocenters. The lowest BCUT2D eigenvalue weighted by Crippen LogP contribution is -2.18. The van der Waals surface area contributed by atoms with Crippen molar-refractivity contribution < 1.29 is 0 Å². The first-order valence-corrected chi connectivity index (χ1v) is 8.01. The molecule has 0 spiro atoms. The fourth-order valence-electron chi connectivity index (χ4n) is 2.75. The predicted octanol–water partition coefficient (Wildman–Crippen LogP) is 3.90. The summed E-state index contributed by atoms with van der Waals surface area (Å²) in [5, 5.41) is 16.9. The summed E-state index contributed by atoms with van der Waals surface area (Å²) in [6.45, 7) is 4.99. The molecule has 24 heavy (non-hydrogen) atoms. The number of nitriles is 1. The third-order valence-electron chi connectivity index (χ3n) is 4.21. The molecule has 0 fully saturated rings. The third kappa shape index (κ3) is 3.37. The average Bonchev–Trinajstić information content (AvgIpc) is 3.02. The Labute approximate surface area is 142 Å². The van der Waals surface area contributed by atoms with Crippen LogP contribution in [0.1, 0.15) is 35.3 Å². The van der Waals surface area contributed by atoms with Gasteiger partial charge in [0.15, 0.2) is 0 Å². The standard InChI is InChI=1S/C20H20N4/c1-15(22-13-18-10-8-17(12-21)9-11-18)20-14-23-24(16(20)2)19-6-4-3-5-7-19/h3-11,14-15,22H,13H2,1-2H3/t15-/m1/s1. The van der Waals surface area contributed by atoms with Crippen molar-refractivity contribution in [2.24, 2.45) is 0 Å². The van der Waals surface area contributed by atoms with Crippen molar-refractivity contribution in [2.45, 2.75) is 26.4 Å². The Hall–Kier alpha value is -2.90. The number of hydrogen-bond donors (Lipinski definition) is 1. The SMILES string of the molecule is Cc1c([C@@H](C)NCc2ccc(C#N)cc2)cnn1-c1ccccc1. The summed E-state index contributed by atoms with van der Waals surface area (Å²) < 4.78 is 1.97. The molecular formula is C20H20N4. The second-order valence-corrected chi connectivity index (χ2v) is 5.84. The summed E-state index contributed by atoms with van der Waals surface area (Å²) in [7, 11) is 0. The molecule has 4 nitrogen and oxygen atoms in total. The molecule has 0 aliphatic rings. The van der Waals surface area contributed by atoms with Gasteiger partial charge in [0, 0.05) is 23.8 Å². The lowest BCUT2D eigenvalue weighted by atomic mass is 10.1. The van der Waals surface area contributed by atoms with Crippen LogP contribution >= 0.6 is 0 Å². The minimum absolute atomic E-state index is 0.193. The maximum Gasteiger partial charge on any atom is 0.0991 e. The van der Waals surface area contributed by atoms with Crippen molar-refractivity contribution in [1.82, 2.24) is 15.1 Å². The van der Waals surface area contributed by atoms with Crippen LogP contribution in [0.25, 0.3) is 5.69 Å². The Morgan fingerprint density at radius 2 is 1.83 bits per heavy atom. The predicted molar refractivity (Wildman–Crippen MR) is 94.7 cm³/mol. The summed E-state index contributed by atoms with van der Waals surface area (Å²) in [6, 6.07) is 20.1. The van der Waals surface area contributed by atoms with E-state index in [1.165, 1.54) is 5.56 Å². The normalized spacial score (nSPS) is 11.9. The van der Waals surface area contributed by atoms with Gasteiger partial charge < -0.3 is 5.32 Å². The second kappa shape index (κ2) is 7.12. The van der Waals surface area contributed by atoms with Gasteiger partial charge in [-0.1, -0.05) is 30.3 Å². The van der Waals surface area contributed by atoms with E-state index in [0.29, 0.717) is 5.56 Å². The molecule has 0 aliphatic heterocycles. The Kier molecular flexibility index (Phi) is 4.74. The van der Waals surface area contributed by atoms with E-state index in [1.807, 2.05) is 53.3 Å². The van der Waals surface area contributed by atoms with E-state index in [1.54, 1.807) is 0 Å². The molecule has 0 amide bonds. The van der Waals surface area contributed by atoms with Gasteiger partial charge in [0.1, 0.15) is 0 Å². The van der Waals surface area contributed by atoms with Crippen LogP contribution in [0, 0.1) is 18.3 Å². The maximum atomic E-state index is 8.85. The maximum absolute atomic E-state index is 8.85. The van der Waals surface area contributed by atoms with E-state index < -0.39 is 0 Å². The summed E-state index contributed by atoms with van der Waals surface area (Å²) in [5.74, 6) is 0. The van der Waals surface area contributed by atoms with Crippen molar-refractivity contribution in [3.63, 3.8) is 0 Å². The number of benzene rings is 2. The van der Waals surface area contributed by atoms with Crippen LogP contribution < -0.4 is 5.32 Å². The second-order valence-electron chi connectivity index (χ2n) is 5.84. The first kappa shape index (κ1) is 16.0. The molecule has 1 heterocycles. The highest BCUT2D eigenvalue weighted by Gasteiger charge is 2.13. The zero-order chi connectivity index (χ0) is 16.9. The summed E-state index contributed by atoms with van der Waals surface area (Å²) in [5.41, 5.74) is 5.25. The minimum Gasteiger partial charge on any atom is -0.306 e. The fourth-order valence-corrected chi connectivity index (χ4v) is 2.75. The molecule has 2 aromatic carbocycles. The Morgan fingerprint density at radius 3 is 2.50 bits per heavy atom. The van der Waals surface area contributed by atoms with E-state index >= 15 is 0 Å². The Morgan fingerprint density at radius 1 is 1.12 bits per heavy atom. The minimum atomic E-state index is 0.193. The lowest BCUT2D eigenvalue weighted by Gasteiger charge is -2.14.